The number of rotatable bonds is 7. The van der Waals surface area contributed by atoms with E-state index < -0.39 is 0 Å². The molecule has 3 aromatic heterocycles. The second kappa shape index (κ2) is 14.7. The third-order valence-corrected chi connectivity index (χ3v) is 14.1. The van der Waals surface area contributed by atoms with Gasteiger partial charge in [0.1, 0.15) is 11.2 Å². The van der Waals surface area contributed by atoms with Crippen molar-refractivity contribution < 1.29 is 4.42 Å². The van der Waals surface area contributed by atoms with Crippen LogP contribution in [-0.4, -0.2) is 4.57 Å². The lowest BCUT2D eigenvalue weighted by Gasteiger charge is -2.27. The standard InChI is InChI=1S/C60H38N2OS/c1-4-16-39(17-5-1)42-30-35-51-56(38-42)63-58-45(40-18-6-2-7-19-40)36-37-54(57(51)58)62(44-33-31-43(32-34-44)61-52-27-12-10-22-47(52)48-23-11-13-28-53(48)61)55-29-15-26-50-49-25-14-24-46(59(49)64-60(50)55)41-20-8-3-9-21-41/h1-38H. The summed E-state index contributed by atoms with van der Waals surface area (Å²) in [7, 11) is 0. The molecule has 64 heavy (non-hydrogen) atoms. The van der Waals surface area contributed by atoms with Gasteiger partial charge < -0.3 is 13.9 Å². The molecule has 4 heteroatoms. The van der Waals surface area contributed by atoms with Gasteiger partial charge in [-0.3, -0.25) is 0 Å². The molecule has 300 valence electrons. The van der Waals surface area contributed by atoms with Gasteiger partial charge in [0.25, 0.3) is 0 Å². The highest BCUT2D eigenvalue weighted by Crippen LogP contribution is 2.51. The fourth-order valence-electron chi connectivity index (χ4n) is 9.89. The topological polar surface area (TPSA) is 21.3 Å². The van der Waals surface area contributed by atoms with Crippen LogP contribution in [0.5, 0.6) is 0 Å². The number of thiophene rings is 1. The van der Waals surface area contributed by atoms with Gasteiger partial charge in [-0.15, -0.1) is 11.3 Å². The minimum absolute atomic E-state index is 0.857. The molecule has 0 saturated heterocycles. The van der Waals surface area contributed by atoms with Gasteiger partial charge >= 0.3 is 0 Å². The van der Waals surface area contributed by atoms with Gasteiger partial charge in [-0.2, -0.15) is 0 Å². The van der Waals surface area contributed by atoms with E-state index in [-0.39, 0.29) is 0 Å². The Hall–Kier alpha value is -8.18. The maximum absolute atomic E-state index is 7.09. The summed E-state index contributed by atoms with van der Waals surface area (Å²) in [6, 6.07) is 83.2. The van der Waals surface area contributed by atoms with Gasteiger partial charge in [0.15, 0.2) is 0 Å². The van der Waals surface area contributed by atoms with E-state index >= 15 is 0 Å². The van der Waals surface area contributed by atoms with Crippen LogP contribution in [0.25, 0.3) is 103 Å². The highest BCUT2D eigenvalue weighted by atomic mass is 32.1. The summed E-state index contributed by atoms with van der Waals surface area (Å²) in [6.45, 7) is 0. The first-order valence-electron chi connectivity index (χ1n) is 21.8. The number of aromatic nitrogens is 1. The first kappa shape index (κ1) is 36.5. The van der Waals surface area contributed by atoms with E-state index in [0.717, 1.165) is 66.9 Å². The van der Waals surface area contributed by atoms with Crippen molar-refractivity contribution in [2.75, 3.05) is 4.90 Å². The van der Waals surface area contributed by atoms with E-state index in [2.05, 4.69) is 240 Å². The van der Waals surface area contributed by atoms with Crippen LogP contribution in [0.15, 0.2) is 235 Å². The average molecular weight is 835 g/mol. The molecule has 0 aliphatic carbocycles. The van der Waals surface area contributed by atoms with Gasteiger partial charge in [-0.1, -0.05) is 164 Å². The summed E-state index contributed by atoms with van der Waals surface area (Å²) in [6.07, 6.45) is 0. The van der Waals surface area contributed by atoms with Crippen molar-refractivity contribution in [1.82, 2.24) is 4.57 Å². The molecule has 0 N–H and O–H groups in total. The van der Waals surface area contributed by atoms with Gasteiger partial charge in [-0.25, -0.2) is 0 Å². The molecule has 0 atom stereocenters. The largest absolute Gasteiger partial charge is 0.455 e. The molecule has 0 fully saturated rings. The van der Waals surface area contributed by atoms with Crippen molar-refractivity contribution in [3.8, 4) is 39.1 Å². The second-order valence-electron chi connectivity index (χ2n) is 16.4. The molecule has 3 heterocycles. The number of nitrogens with zero attached hydrogens (tertiary/aromatic N) is 2. The molecule has 0 aliphatic rings. The highest BCUT2D eigenvalue weighted by Gasteiger charge is 2.25. The molecule has 0 spiro atoms. The maximum atomic E-state index is 7.09. The van der Waals surface area contributed by atoms with Crippen molar-refractivity contribution in [3.63, 3.8) is 0 Å². The number of hydrogen-bond donors (Lipinski definition) is 0. The zero-order valence-electron chi connectivity index (χ0n) is 34.7. The van der Waals surface area contributed by atoms with E-state index in [1.165, 1.54) is 53.1 Å². The minimum Gasteiger partial charge on any atom is -0.455 e. The average Bonchev–Trinajstić information content (AvgIpc) is 4.06. The van der Waals surface area contributed by atoms with Crippen molar-refractivity contribution in [2.24, 2.45) is 0 Å². The van der Waals surface area contributed by atoms with E-state index in [4.69, 9.17) is 4.42 Å². The molecule has 0 bridgehead atoms. The number of anilines is 3. The van der Waals surface area contributed by atoms with Crippen LogP contribution >= 0.6 is 11.3 Å². The summed E-state index contributed by atoms with van der Waals surface area (Å²) < 4.78 is 12.0. The van der Waals surface area contributed by atoms with Crippen molar-refractivity contribution in [3.05, 3.63) is 231 Å². The van der Waals surface area contributed by atoms with Crippen LogP contribution in [0.1, 0.15) is 0 Å². The Labute approximate surface area is 373 Å². The zero-order valence-corrected chi connectivity index (χ0v) is 35.5. The Kier molecular flexibility index (Phi) is 8.40. The van der Waals surface area contributed by atoms with Crippen LogP contribution in [0.3, 0.4) is 0 Å². The molecule has 0 unspecified atom stereocenters. The van der Waals surface area contributed by atoms with Gasteiger partial charge in [-0.05, 0) is 94.5 Å². The predicted octanol–water partition coefficient (Wildman–Crippen LogP) is 17.5. The summed E-state index contributed by atoms with van der Waals surface area (Å²) >= 11 is 1.87. The van der Waals surface area contributed by atoms with E-state index in [0.29, 0.717) is 0 Å². The van der Waals surface area contributed by atoms with Crippen LogP contribution in [0, 0.1) is 0 Å². The third kappa shape index (κ3) is 5.73. The van der Waals surface area contributed by atoms with Gasteiger partial charge in [0.2, 0.25) is 0 Å². The summed E-state index contributed by atoms with van der Waals surface area (Å²) in [4.78, 5) is 2.47. The Morgan fingerprint density at radius 3 is 1.64 bits per heavy atom. The normalized spacial score (nSPS) is 11.8. The molecule has 0 saturated carbocycles. The second-order valence-corrected chi connectivity index (χ2v) is 17.4. The van der Waals surface area contributed by atoms with Crippen LogP contribution < -0.4 is 4.90 Å². The Bertz CT molecular complexity index is 3830. The van der Waals surface area contributed by atoms with E-state index in [1.54, 1.807) is 0 Å². The fourth-order valence-corrected chi connectivity index (χ4v) is 11.2. The molecule has 10 aromatic carbocycles. The minimum atomic E-state index is 0.857. The molecule has 3 nitrogen and oxygen atoms in total. The molecular weight excluding hydrogens is 797 g/mol. The lowest BCUT2D eigenvalue weighted by molar-refractivity contribution is 0.670. The molecule has 0 radical (unpaired) electrons. The van der Waals surface area contributed by atoms with Gasteiger partial charge in [0, 0.05) is 48.6 Å². The number of hydrogen-bond acceptors (Lipinski definition) is 3. The van der Waals surface area contributed by atoms with Crippen molar-refractivity contribution >= 4 is 92.3 Å². The van der Waals surface area contributed by atoms with Crippen molar-refractivity contribution in [1.29, 1.82) is 0 Å². The fraction of sp³-hybridized carbons (Fsp3) is 0. The van der Waals surface area contributed by atoms with Gasteiger partial charge in [0.05, 0.1) is 32.5 Å². The number of benzene rings is 10. The maximum Gasteiger partial charge on any atom is 0.145 e. The monoisotopic (exact) mass is 834 g/mol. The molecular formula is C60H38N2OS. The molecule has 0 amide bonds. The van der Waals surface area contributed by atoms with Crippen LogP contribution in [-0.2, 0) is 0 Å². The number of para-hydroxylation sites is 2. The highest BCUT2D eigenvalue weighted by molar-refractivity contribution is 7.27. The molecule has 13 aromatic rings. The summed E-state index contributed by atoms with van der Waals surface area (Å²) in [5.41, 5.74) is 15.4. The van der Waals surface area contributed by atoms with Crippen LogP contribution in [0.2, 0.25) is 0 Å². The Morgan fingerprint density at radius 2 is 0.953 bits per heavy atom. The first-order valence-corrected chi connectivity index (χ1v) is 22.6. The predicted molar refractivity (Wildman–Crippen MR) is 272 cm³/mol. The quantitative estimate of drug-likeness (QED) is 0.159. The number of fused-ring (bicyclic) bond motifs is 9. The third-order valence-electron chi connectivity index (χ3n) is 12.8. The lowest BCUT2D eigenvalue weighted by Crippen LogP contribution is -2.11. The zero-order chi connectivity index (χ0) is 42.1. The Morgan fingerprint density at radius 1 is 0.375 bits per heavy atom. The van der Waals surface area contributed by atoms with E-state index in [1.807, 2.05) is 11.3 Å². The molecule has 13 rings (SSSR count). The lowest BCUT2D eigenvalue weighted by atomic mass is 9.98. The van der Waals surface area contributed by atoms with Crippen molar-refractivity contribution in [2.45, 2.75) is 0 Å². The summed E-state index contributed by atoms with van der Waals surface area (Å²) in [5.74, 6) is 0. The first-order chi connectivity index (χ1) is 31.8. The smallest absolute Gasteiger partial charge is 0.145 e. The Balaban J connectivity index is 1.08. The molecule has 0 aliphatic heterocycles. The SMILES string of the molecule is c1ccc(-c2ccc3c(c2)oc2c(-c4ccccc4)ccc(N(c4ccc(-n5c6ccccc6c6ccccc65)cc4)c4cccc5c4sc4c(-c6ccccc6)cccc45)c23)cc1. The summed E-state index contributed by atoms with van der Waals surface area (Å²) in [5, 5.41) is 7.15. The van der Waals surface area contributed by atoms with Crippen LogP contribution in [0.4, 0.5) is 17.1 Å². The number of furan rings is 1. The van der Waals surface area contributed by atoms with E-state index in [9.17, 15) is 0 Å².